The van der Waals surface area contributed by atoms with Crippen LogP contribution in [0.2, 0.25) is 0 Å². The van der Waals surface area contributed by atoms with Crippen molar-refractivity contribution in [3.8, 4) is 11.5 Å². The van der Waals surface area contributed by atoms with Gasteiger partial charge in [-0.1, -0.05) is 0 Å². The number of likely N-dealkylation sites (tertiary alicyclic amines) is 1. The molecule has 36 heavy (non-hydrogen) atoms. The number of nitrogens with zero attached hydrogens (tertiary/aromatic N) is 3. The van der Waals surface area contributed by atoms with E-state index in [1.807, 2.05) is 13.8 Å². The van der Waals surface area contributed by atoms with Crippen LogP contribution in [0.3, 0.4) is 0 Å². The van der Waals surface area contributed by atoms with Crippen molar-refractivity contribution in [3.05, 3.63) is 47.3 Å². The lowest BCUT2D eigenvalue weighted by atomic mass is 9.81. The fourth-order valence-corrected chi connectivity index (χ4v) is 5.23. The number of fused-ring (bicyclic) bond motifs is 2. The van der Waals surface area contributed by atoms with Gasteiger partial charge in [-0.15, -0.1) is 0 Å². The van der Waals surface area contributed by atoms with Gasteiger partial charge in [0.15, 0.2) is 11.5 Å². The summed E-state index contributed by atoms with van der Waals surface area (Å²) in [7, 11) is 2.75. The van der Waals surface area contributed by atoms with Crippen molar-refractivity contribution in [2.75, 3.05) is 33.9 Å². The summed E-state index contributed by atoms with van der Waals surface area (Å²) in [6, 6.07) is 7.46. The first kappa shape index (κ1) is 25.7. The molecule has 2 aromatic rings. The van der Waals surface area contributed by atoms with E-state index in [0.29, 0.717) is 22.8 Å². The number of amides is 2. The molecule has 1 spiro atoms. The molecule has 1 fully saturated rings. The molecule has 1 saturated heterocycles. The molecule has 0 radical (unpaired) electrons. The zero-order valence-electron chi connectivity index (χ0n) is 20.7. The van der Waals surface area contributed by atoms with Gasteiger partial charge in [0.25, 0.3) is 5.91 Å². The quantitative estimate of drug-likeness (QED) is 0.606. The predicted molar refractivity (Wildman–Crippen MR) is 124 cm³/mol. The molecule has 8 nitrogen and oxygen atoms in total. The summed E-state index contributed by atoms with van der Waals surface area (Å²) in [4.78, 5) is 29.1. The maximum Gasteiger partial charge on any atom is 0.431 e. The van der Waals surface area contributed by atoms with Crippen LogP contribution in [0.4, 0.5) is 18.0 Å². The number of carbonyl (C=O) groups is 2. The summed E-state index contributed by atoms with van der Waals surface area (Å²) in [6.45, 7) is 4.39. The predicted octanol–water partition coefficient (Wildman–Crippen LogP) is 4.52. The number of aromatic nitrogens is 1. The molecule has 1 aromatic carbocycles. The van der Waals surface area contributed by atoms with E-state index < -0.39 is 23.5 Å². The SMILES string of the molecule is COC(=O)N1CCn2c(C(F)(F)F)ccc2C12CCN(C(=O)c1ccc(OC(C)C)c(OC)c1)CC2. The minimum absolute atomic E-state index is 0.0151. The molecule has 0 saturated carbocycles. The monoisotopic (exact) mass is 509 g/mol. The number of benzene rings is 1. The molecule has 0 N–H and O–H groups in total. The van der Waals surface area contributed by atoms with E-state index >= 15 is 0 Å². The summed E-state index contributed by atoms with van der Waals surface area (Å²) in [6.07, 6.45) is -4.61. The second-order valence-electron chi connectivity index (χ2n) is 9.23. The third-order valence-corrected chi connectivity index (χ3v) is 6.86. The molecular weight excluding hydrogens is 479 g/mol. The fourth-order valence-electron chi connectivity index (χ4n) is 5.23. The van der Waals surface area contributed by atoms with Gasteiger partial charge in [0.2, 0.25) is 0 Å². The Bertz CT molecular complexity index is 1140. The number of ether oxygens (including phenoxy) is 3. The number of rotatable bonds is 4. The maximum absolute atomic E-state index is 13.6. The molecule has 0 aliphatic carbocycles. The topological polar surface area (TPSA) is 73.2 Å². The number of hydrogen-bond donors (Lipinski definition) is 0. The fraction of sp³-hybridized carbons (Fsp3) is 0.520. The summed E-state index contributed by atoms with van der Waals surface area (Å²) < 4.78 is 58.1. The molecule has 3 heterocycles. The van der Waals surface area contributed by atoms with Gasteiger partial charge in [0.05, 0.1) is 25.9 Å². The Kier molecular flexibility index (Phi) is 6.85. The van der Waals surface area contributed by atoms with Crippen LogP contribution in [0.5, 0.6) is 11.5 Å². The van der Waals surface area contributed by atoms with Crippen molar-refractivity contribution >= 4 is 12.0 Å². The smallest absolute Gasteiger partial charge is 0.431 e. The molecule has 0 unspecified atom stereocenters. The highest BCUT2D eigenvalue weighted by Crippen LogP contribution is 2.45. The Morgan fingerprint density at radius 1 is 0.972 bits per heavy atom. The van der Waals surface area contributed by atoms with Crippen molar-refractivity contribution in [2.24, 2.45) is 0 Å². The van der Waals surface area contributed by atoms with Crippen molar-refractivity contribution < 1.29 is 37.0 Å². The second-order valence-corrected chi connectivity index (χ2v) is 9.23. The summed E-state index contributed by atoms with van der Waals surface area (Å²) in [5.74, 6) is 0.731. The van der Waals surface area contributed by atoms with E-state index in [-0.39, 0.29) is 51.0 Å². The average Bonchev–Trinajstić information content (AvgIpc) is 3.30. The number of carbonyl (C=O) groups excluding carboxylic acids is 2. The molecular formula is C25H30F3N3O5. The van der Waals surface area contributed by atoms with Gasteiger partial charge in [-0.05, 0) is 57.0 Å². The van der Waals surface area contributed by atoms with Crippen molar-refractivity contribution in [1.29, 1.82) is 0 Å². The largest absolute Gasteiger partial charge is 0.493 e. The number of methoxy groups -OCH3 is 2. The van der Waals surface area contributed by atoms with Crippen LogP contribution < -0.4 is 9.47 Å². The van der Waals surface area contributed by atoms with Gasteiger partial charge in [-0.3, -0.25) is 9.69 Å². The van der Waals surface area contributed by atoms with Crippen molar-refractivity contribution in [2.45, 2.75) is 51.1 Å². The highest BCUT2D eigenvalue weighted by Gasteiger charge is 2.50. The minimum Gasteiger partial charge on any atom is -0.493 e. The Balaban J connectivity index is 1.60. The lowest BCUT2D eigenvalue weighted by molar-refractivity contribution is -0.144. The highest BCUT2D eigenvalue weighted by molar-refractivity contribution is 5.95. The van der Waals surface area contributed by atoms with E-state index in [0.717, 1.165) is 6.07 Å². The van der Waals surface area contributed by atoms with Crippen LogP contribution in [0.15, 0.2) is 30.3 Å². The van der Waals surface area contributed by atoms with Crippen molar-refractivity contribution in [1.82, 2.24) is 14.4 Å². The minimum atomic E-state index is -4.51. The van der Waals surface area contributed by atoms with Gasteiger partial charge in [0, 0.05) is 37.4 Å². The Morgan fingerprint density at radius 2 is 1.67 bits per heavy atom. The second kappa shape index (κ2) is 9.59. The Hall–Kier alpha value is -3.37. The lowest BCUT2D eigenvalue weighted by Gasteiger charge is -2.51. The lowest BCUT2D eigenvalue weighted by Crippen LogP contribution is -2.60. The Labute approximate surface area is 207 Å². The summed E-state index contributed by atoms with van der Waals surface area (Å²) >= 11 is 0. The standard InChI is InChI=1S/C25H30F3N3O5/c1-16(2)36-18-6-5-17(15-19(18)34-3)22(32)29-11-9-24(10-12-29)20-7-8-21(25(26,27)28)30(20)13-14-31(24)23(33)35-4/h5-8,15-16H,9-14H2,1-4H3. The molecule has 0 atom stereocenters. The number of alkyl halides is 3. The first-order chi connectivity index (χ1) is 17.0. The maximum atomic E-state index is 13.6. The van der Waals surface area contributed by atoms with Gasteiger partial charge in [-0.25, -0.2) is 4.79 Å². The van der Waals surface area contributed by atoms with Crippen LogP contribution in [-0.2, 0) is 23.0 Å². The molecule has 4 rings (SSSR count). The molecule has 2 aliphatic rings. The molecule has 2 aliphatic heterocycles. The van der Waals surface area contributed by atoms with Gasteiger partial charge < -0.3 is 23.7 Å². The third-order valence-electron chi connectivity index (χ3n) is 6.86. The van der Waals surface area contributed by atoms with E-state index in [9.17, 15) is 22.8 Å². The van der Waals surface area contributed by atoms with E-state index in [2.05, 4.69) is 0 Å². The molecule has 11 heteroatoms. The first-order valence-electron chi connectivity index (χ1n) is 11.8. The Morgan fingerprint density at radius 3 is 2.25 bits per heavy atom. The van der Waals surface area contributed by atoms with Gasteiger partial charge >= 0.3 is 12.3 Å². The zero-order valence-corrected chi connectivity index (χ0v) is 20.7. The van der Waals surface area contributed by atoms with Gasteiger partial charge in [0.1, 0.15) is 5.69 Å². The molecule has 196 valence electrons. The highest BCUT2D eigenvalue weighted by atomic mass is 19.4. The van der Waals surface area contributed by atoms with Crippen LogP contribution in [0, 0.1) is 0 Å². The zero-order chi connectivity index (χ0) is 26.3. The van der Waals surface area contributed by atoms with Crippen molar-refractivity contribution in [3.63, 3.8) is 0 Å². The van der Waals surface area contributed by atoms with Crippen LogP contribution in [-0.4, -0.2) is 66.3 Å². The third kappa shape index (κ3) is 4.46. The summed E-state index contributed by atoms with van der Waals surface area (Å²) in [5.41, 5.74) is -0.917. The number of hydrogen-bond acceptors (Lipinski definition) is 5. The van der Waals surface area contributed by atoms with E-state index in [1.165, 1.54) is 29.8 Å². The molecule has 0 bridgehead atoms. The summed E-state index contributed by atoms with van der Waals surface area (Å²) in [5, 5.41) is 0. The normalized spacial score (nSPS) is 17.2. The van der Waals surface area contributed by atoms with Crippen LogP contribution in [0.25, 0.3) is 0 Å². The molecule has 1 aromatic heterocycles. The number of piperidine rings is 1. The van der Waals surface area contributed by atoms with Gasteiger partial charge in [-0.2, -0.15) is 13.2 Å². The first-order valence-corrected chi connectivity index (χ1v) is 11.8. The number of halogens is 3. The molecule has 2 amide bonds. The average molecular weight is 510 g/mol. The van der Waals surface area contributed by atoms with E-state index in [4.69, 9.17) is 14.2 Å². The van der Waals surface area contributed by atoms with Crippen LogP contribution in [0.1, 0.15) is 48.4 Å². The van der Waals surface area contributed by atoms with Crippen LogP contribution >= 0.6 is 0 Å². The van der Waals surface area contributed by atoms with E-state index in [1.54, 1.807) is 23.1 Å².